The van der Waals surface area contributed by atoms with Gasteiger partial charge in [0.2, 0.25) is 0 Å². The van der Waals surface area contributed by atoms with Crippen molar-refractivity contribution in [3.8, 4) is 0 Å². The van der Waals surface area contributed by atoms with Gasteiger partial charge in [-0.1, -0.05) is 24.5 Å². The van der Waals surface area contributed by atoms with Gasteiger partial charge in [0.25, 0.3) is 0 Å². The summed E-state index contributed by atoms with van der Waals surface area (Å²) in [5.74, 6) is 0. The second kappa shape index (κ2) is 9.80. The lowest BCUT2D eigenvalue weighted by molar-refractivity contribution is -0.378. The molecule has 3 nitrogen and oxygen atoms in total. The molecule has 0 amide bonds. The summed E-state index contributed by atoms with van der Waals surface area (Å²) in [6, 6.07) is 3.93. The van der Waals surface area contributed by atoms with Crippen LogP contribution in [0.3, 0.4) is 0 Å². The predicted molar refractivity (Wildman–Crippen MR) is 78.0 cm³/mol. The topological polar surface area (TPSA) is 32.6 Å². The Kier molecular flexibility index (Phi) is 9.69. The molecule has 0 saturated carbocycles. The van der Waals surface area contributed by atoms with Crippen LogP contribution in [0.1, 0.15) is 19.4 Å². The average molecular weight is 291 g/mol. The van der Waals surface area contributed by atoms with Crippen LogP contribution in [0.4, 0.5) is 0 Å². The van der Waals surface area contributed by atoms with E-state index in [1.165, 1.54) is 0 Å². The summed E-state index contributed by atoms with van der Waals surface area (Å²) in [6.07, 6.45) is 5.56. The van der Waals surface area contributed by atoms with Crippen LogP contribution in [-0.2, 0) is 33.1 Å². The number of pyridine rings is 1. The zero-order valence-corrected chi connectivity index (χ0v) is 12.6. The third kappa shape index (κ3) is 9.51. The number of hydrogen-bond acceptors (Lipinski definition) is 4. The minimum atomic E-state index is -2.28. The molecule has 1 aromatic heterocycles. The quantitative estimate of drug-likeness (QED) is 0.617. The van der Waals surface area contributed by atoms with Crippen molar-refractivity contribution in [2.24, 2.45) is 0 Å². The molecule has 0 aromatic carbocycles. The zero-order chi connectivity index (χ0) is 13.1. The molecule has 0 atom stereocenters. The molecule has 0 saturated heterocycles. The Morgan fingerprint density at radius 2 is 1.82 bits per heavy atom. The molecule has 6 heteroatoms. The van der Waals surface area contributed by atoms with Crippen LogP contribution in [0.2, 0.25) is 0 Å². The fraction of sp³-hybridized carbons (Fsp3) is 0.364. The van der Waals surface area contributed by atoms with Gasteiger partial charge in [-0.15, -0.1) is 0 Å². The number of aromatic nitrogens is 1. The zero-order valence-electron chi connectivity index (χ0n) is 10.1. The molecular formula is C11H18NO2PS2. The largest absolute Gasteiger partial charge is 0.691 e. The van der Waals surface area contributed by atoms with Gasteiger partial charge in [-0.25, -0.2) is 4.98 Å². The van der Waals surface area contributed by atoms with Crippen molar-refractivity contribution in [1.82, 2.24) is 0 Å². The summed E-state index contributed by atoms with van der Waals surface area (Å²) in [5, 5.41) is 0. The average Bonchev–Trinajstić information content (AvgIpc) is 2.31. The maximum atomic E-state index is 4.99. The van der Waals surface area contributed by atoms with E-state index in [-0.39, 0.29) is 0 Å². The highest BCUT2D eigenvalue weighted by molar-refractivity contribution is 8.51. The van der Waals surface area contributed by atoms with Crippen LogP contribution in [-0.4, -0.2) is 13.2 Å². The minimum absolute atomic E-state index is 0.542. The summed E-state index contributed by atoms with van der Waals surface area (Å²) >= 11 is 9.65. The highest BCUT2D eigenvalue weighted by Crippen LogP contribution is 2.45. The van der Waals surface area contributed by atoms with E-state index in [4.69, 9.17) is 33.1 Å². The van der Waals surface area contributed by atoms with E-state index < -0.39 is 5.69 Å². The van der Waals surface area contributed by atoms with Gasteiger partial charge in [0, 0.05) is 25.3 Å². The minimum Gasteiger partial charge on any atom is -0.691 e. The van der Waals surface area contributed by atoms with Crippen molar-refractivity contribution < 1.29 is 14.0 Å². The van der Waals surface area contributed by atoms with E-state index in [2.05, 4.69) is 11.6 Å². The van der Waals surface area contributed by atoms with Gasteiger partial charge in [0.1, 0.15) is 0 Å². The standard InChI is InChI=1S/C7H7N.C4H11O2PS2/c1-2-7-3-5-8-6-4-7;1-3-5-7(8,9)6-4-2/h2-6H,1H2;3-4H2,1-2H3,(H,8,9). The molecule has 1 rings (SSSR count). The monoisotopic (exact) mass is 291 g/mol. The summed E-state index contributed by atoms with van der Waals surface area (Å²) in [5.41, 5.74) is -1.13. The third-order valence-electron chi connectivity index (χ3n) is 1.55. The van der Waals surface area contributed by atoms with Crippen molar-refractivity contribution in [1.29, 1.82) is 0 Å². The maximum Gasteiger partial charge on any atom is 0.167 e. The molecule has 0 bridgehead atoms. The van der Waals surface area contributed by atoms with Gasteiger partial charge in [-0.05, 0) is 19.4 Å². The fourth-order valence-electron chi connectivity index (χ4n) is 0.889. The van der Waals surface area contributed by atoms with E-state index in [1.54, 1.807) is 0 Å². The summed E-state index contributed by atoms with van der Waals surface area (Å²) in [4.78, 5) is 2.92. The first-order valence-corrected chi connectivity index (χ1v) is 8.89. The van der Waals surface area contributed by atoms with Crippen LogP contribution >= 0.6 is 5.69 Å². The number of aromatic amines is 1. The number of hydrogen-bond donors (Lipinski definition) is 0. The number of H-pyrrole nitrogens is 1. The molecule has 0 aliphatic carbocycles. The predicted octanol–water partition coefficient (Wildman–Crippen LogP) is 2.97. The van der Waals surface area contributed by atoms with Crippen LogP contribution in [0.25, 0.3) is 6.08 Å². The van der Waals surface area contributed by atoms with Gasteiger partial charge in [0.05, 0.1) is 5.69 Å². The van der Waals surface area contributed by atoms with Crippen molar-refractivity contribution in [2.45, 2.75) is 13.8 Å². The van der Waals surface area contributed by atoms with Gasteiger partial charge >= 0.3 is 0 Å². The molecule has 96 valence electrons. The van der Waals surface area contributed by atoms with Gasteiger partial charge in [-0.2, -0.15) is 0 Å². The van der Waals surface area contributed by atoms with Crippen LogP contribution in [0.5, 0.6) is 0 Å². The normalized spacial score (nSPS) is 10.3. The van der Waals surface area contributed by atoms with E-state index in [0.717, 1.165) is 5.56 Å². The smallest absolute Gasteiger partial charge is 0.167 e. The molecular weight excluding hydrogens is 273 g/mol. The molecule has 0 fully saturated rings. The summed E-state index contributed by atoms with van der Waals surface area (Å²) < 4.78 is 9.98. The molecule has 1 N–H and O–H groups in total. The van der Waals surface area contributed by atoms with Crippen molar-refractivity contribution >= 4 is 35.8 Å². The first-order chi connectivity index (χ1) is 8.05. The Labute approximate surface area is 114 Å². The van der Waals surface area contributed by atoms with Crippen LogP contribution in [0.15, 0.2) is 31.1 Å². The van der Waals surface area contributed by atoms with E-state index >= 15 is 0 Å². The Morgan fingerprint density at radius 1 is 1.35 bits per heavy atom. The molecule has 1 aromatic rings. The molecule has 17 heavy (non-hydrogen) atoms. The first kappa shape index (κ1) is 16.8. The fourth-order valence-corrected chi connectivity index (χ4v) is 2.86. The molecule has 0 aliphatic heterocycles. The Morgan fingerprint density at radius 3 is 2.12 bits per heavy atom. The molecule has 0 radical (unpaired) electrons. The Balaban J connectivity index is 0.000000302. The SMILES string of the molecule is C=Cc1cc[nH+]cc1.CCOP(=S)([S-])OCC. The summed E-state index contributed by atoms with van der Waals surface area (Å²) in [7, 11) is 0. The lowest BCUT2D eigenvalue weighted by atomic mass is 10.3. The van der Waals surface area contributed by atoms with Crippen LogP contribution in [0, 0.1) is 0 Å². The second-order valence-electron chi connectivity index (χ2n) is 2.82. The van der Waals surface area contributed by atoms with Gasteiger partial charge in [-0.3, -0.25) is 0 Å². The van der Waals surface area contributed by atoms with E-state index in [1.807, 2.05) is 44.4 Å². The second-order valence-corrected chi connectivity index (χ2v) is 7.81. The molecule has 1 heterocycles. The Bertz CT molecular complexity index is 350. The number of rotatable bonds is 5. The maximum absolute atomic E-state index is 4.99. The summed E-state index contributed by atoms with van der Waals surface area (Å²) in [6.45, 7) is 8.41. The van der Waals surface area contributed by atoms with E-state index in [9.17, 15) is 0 Å². The molecule has 0 aliphatic rings. The van der Waals surface area contributed by atoms with Gasteiger partial charge in [0.15, 0.2) is 12.4 Å². The van der Waals surface area contributed by atoms with E-state index in [0.29, 0.717) is 13.2 Å². The molecule has 0 spiro atoms. The van der Waals surface area contributed by atoms with Gasteiger partial charge < -0.3 is 21.3 Å². The molecule has 0 unspecified atom stereocenters. The highest BCUT2D eigenvalue weighted by atomic mass is 32.9. The lowest BCUT2D eigenvalue weighted by Gasteiger charge is -2.26. The highest BCUT2D eigenvalue weighted by Gasteiger charge is 1.95. The lowest BCUT2D eigenvalue weighted by Crippen LogP contribution is -1.96. The van der Waals surface area contributed by atoms with Crippen molar-refractivity contribution in [2.75, 3.05) is 13.2 Å². The van der Waals surface area contributed by atoms with Crippen molar-refractivity contribution in [3.05, 3.63) is 36.7 Å². The van der Waals surface area contributed by atoms with Crippen LogP contribution < -0.4 is 4.98 Å². The number of nitrogens with one attached hydrogen (secondary N) is 1. The Hall–Kier alpha value is -0.190. The van der Waals surface area contributed by atoms with Crippen molar-refractivity contribution in [3.63, 3.8) is 0 Å². The third-order valence-corrected chi connectivity index (χ3v) is 3.97. The first-order valence-electron chi connectivity index (χ1n) is 5.24.